The van der Waals surface area contributed by atoms with Crippen molar-refractivity contribution in [3.05, 3.63) is 78.8 Å². The standard InChI is InChI=1S/C32H26S4/c1(5-9-15-27-19-13-25-33-27)3-7-11-17-29-21-23-31(35-29)32-24-22-30(36-32)18-12-8-4-2-6-10-16-28-20-14-26-34-28/h13-14,19-26H,1-8H2. The predicted octanol–water partition coefficient (Wildman–Crippen LogP) is 9.53. The third kappa shape index (κ3) is 9.25. The predicted molar refractivity (Wildman–Crippen MR) is 161 cm³/mol. The van der Waals surface area contributed by atoms with Gasteiger partial charge in [-0.3, -0.25) is 0 Å². The normalized spacial score (nSPS) is 9.67. The van der Waals surface area contributed by atoms with Gasteiger partial charge in [0.05, 0.1) is 19.5 Å². The number of rotatable bonds is 7. The van der Waals surface area contributed by atoms with E-state index in [2.05, 4.69) is 94.5 Å². The fraction of sp³-hybridized carbons (Fsp3) is 0.250. The smallest absolute Gasteiger partial charge is 0.0775 e. The van der Waals surface area contributed by atoms with E-state index in [9.17, 15) is 0 Å². The molecule has 178 valence electrons. The van der Waals surface area contributed by atoms with Gasteiger partial charge in [-0.1, -0.05) is 59.5 Å². The van der Waals surface area contributed by atoms with E-state index in [1.165, 1.54) is 9.75 Å². The van der Waals surface area contributed by atoms with Gasteiger partial charge in [0.15, 0.2) is 0 Å². The molecule has 4 rings (SSSR count). The molecule has 0 saturated carbocycles. The number of unbranched alkanes of at least 4 members (excludes halogenated alkanes) is 6. The molecular formula is C32H26S4. The van der Waals surface area contributed by atoms with Crippen LogP contribution in [-0.2, 0) is 0 Å². The molecule has 0 amide bonds. The molecule has 0 aliphatic rings. The Bertz CT molecular complexity index is 1330. The molecule has 0 aromatic carbocycles. The van der Waals surface area contributed by atoms with Crippen LogP contribution in [-0.4, -0.2) is 0 Å². The summed E-state index contributed by atoms with van der Waals surface area (Å²) >= 11 is 6.92. The van der Waals surface area contributed by atoms with Crippen LogP contribution in [0.4, 0.5) is 0 Å². The van der Waals surface area contributed by atoms with Crippen molar-refractivity contribution in [2.45, 2.75) is 51.4 Å². The second-order valence-electron chi connectivity index (χ2n) is 7.90. The van der Waals surface area contributed by atoms with Gasteiger partial charge in [0.25, 0.3) is 0 Å². The molecule has 4 heterocycles. The Labute approximate surface area is 231 Å². The van der Waals surface area contributed by atoms with E-state index in [1.54, 1.807) is 45.3 Å². The fourth-order valence-corrected chi connectivity index (χ4v) is 6.26. The highest BCUT2D eigenvalue weighted by Gasteiger charge is 2.04. The first-order valence-corrected chi connectivity index (χ1v) is 15.5. The molecule has 0 bridgehead atoms. The van der Waals surface area contributed by atoms with Crippen molar-refractivity contribution in [3.63, 3.8) is 0 Å². The molecular weight excluding hydrogens is 513 g/mol. The maximum atomic E-state index is 3.33. The van der Waals surface area contributed by atoms with Crippen molar-refractivity contribution < 1.29 is 0 Å². The highest BCUT2D eigenvalue weighted by Crippen LogP contribution is 2.33. The molecule has 0 aliphatic heterocycles. The number of thiophene rings is 4. The minimum Gasteiger partial charge on any atom is -0.135 e. The van der Waals surface area contributed by atoms with Crippen molar-refractivity contribution in [2.75, 3.05) is 0 Å². The third-order valence-electron chi connectivity index (χ3n) is 5.05. The van der Waals surface area contributed by atoms with Gasteiger partial charge in [0.1, 0.15) is 0 Å². The number of hydrogen-bond donors (Lipinski definition) is 0. The van der Waals surface area contributed by atoms with Gasteiger partial charge < -0.3 is 0 Å². The molecule has 36 heavy (non-hydrogen) atoms. The van der Waals surface area contributed by atoms with Crippen molar-refractivity contribution in [1.82, 2.24) is 0 Å². The Kier molecular flexibility index (Phi) is 11.0. The van der Waals surface area contributed by atoms with Gasteiger partial charge in [-0.15, -0.1) is 45.3 Å². The van der Waals surface area contributed by atoms with E-state index < -0.39 is 0 Å². The molecule has 4 aromatic heterocycles. The Morgan fingerprint density at radius 1 is 0.444 bits per heavy atom. The first kappa shape index (κ1) is 26.1. The Balaban J connectivity index is 1.14. The van der Waals surface area contributed by atoms with Crippen LogP contribution in [0.2, 0.25) is 0 Å². The minimum absolute atomic E-state index is 0.924. The average molecular weight is 539 g/mol. The Morgan fingerprint density at radius 2 is 0.833 bits per heavy atom. The molecule has 4 heteroatoms. The third-order valence-corrected chi connectivity index (χ3v) is 8.82. The molecule has 0 spiro atoms. The lowest BCUT2D eigenvalue weighted by molar-refractivity contribution is 0.782. The minimum atomic E-state index is 0.924. The molecule has 0 fully saturated rings. The average Bonchev–Trinajstić information content (AvgIpc) is 3.70. The van der Waals surface area contributed by atoms with Crippen LogP contribution in [0.25, 0.3) is 9.75 Å². The van der Waals surface area contributed by atoms with E-state index in [-0.39, 0.29) is 0 Å². The van der Waals surface area contributed by atoms with Gasteiger partial charge in [-0.25, -0.2) is 0 Å². The van der Waals surface area contributed by atoms with Crippen LogP contribution < -0.4 is 0 Å². The van der Waals surface area contributed by atoms with Gasteiger partial charge in [-0.05, 0) is 72.8 Å². The summed E-state index contributed by atoms with van der Waals surface area (Å²) in [5.41, 5.74) is 0. The Morgan fingerprint density at radius 3 is 1.19 bits per heavy atom. The van der Waals surface area contributed by atoms with Crippen LogP contribution in [0.5, 0.6) is 0 Å². The summed E-state index contributed by atoms with van der Waals surface area (Å²) in [6.45, 7) is 0. The molecule has 0 aliphatic carbocycles. The van der Waals surface area contributed by atoms with E-state index in [1.807, 2.05) is 12.1 Å². The summed E-state index contributed by atoms with van der Waals surface area (Å²) in [6, 6.07) is 16.8. The van der Waals surface area contributed by atoms with Gasteiger partial charge in [0, 0.05) is 35.4 Å². The van der Waals surface area contributed by atoms with Crippen molar-refractivity contribution >= 4 is 45.3 Å². The first-order chi connectivity index (χ1) is 17.9. The van der Waals surface area contributed by atoms with Gasteiger partial charge in [-0.2, -0.15) is 0 Å². The molecule has 0 atom stereocenters. The van der Waals surface area contributed by atoms with E-state index in [0.717, 1.165) is 70.9 Å². The lowest BCUT2D eigenvalue weighted by Gasteiger charge is -1.89. The van der Waals surface area contributed by atoms with Crippen LogP contribution in [0.1, 0.15) is 70.9 Å². The summed E-state index contributed by atoms with van der Waals surface area (Å²) in [4.78, 5) is 7.10. The summed E-state index contributed by atoms with van der Waals surface area (Å²) in [5, 5.41) is 4.13. The Hall–Kier alpha value is -2.96. The van der Waals surface area contributed by atoms with Crippen LogP contribution in [0.3, 0.4) is 0 Å². The zero-order valence-electron chi connectivity index (χ0n) is 20.1. The molecule has 4 aromatic rings. The number of hydrogen-bond acceptors (Lipinski definition) is 4. The monoisotopic (exact) mass is 538 g/mol. The molecule has 0 nitrogen and oxygen atoms in total. The maximum Gasteiger partial charge on any atom is 0.0775 e. The zero-order valence-corrected chi connectivity index (χ0v) is 23.3. The van der Waals surface area contributed by atoms with Gasteiger partial charge in [0.2, 0.25) is 0 Å². The maximum absolute atomic E-state index is 3.33. The van der Waals surface area contributed by atoms with E-state index >= 15 is 0 Å². The van der Waals surface area contributed by atoms with Crippen molar-refractivity contribution in [2.24, 2.45) is 0 Å². The second-order valence-corrected chi connectivity index (χ2v) is 12.0. The van der Waals surface area contributed by atoms with E-state index in [4.69, 9.17) is 0 Å². The van der Waals surface area contributed by atoms with Crippen molar-refractivity contribution in [1.29, 1.82) is 0 Å². The quantitative estimate of drug-likeness (QED) is 0.162. The lowest BCUT2D eigenvalue weighted by Crippen LogP contribution is -1.73. The zero-order chi connectivity index (χ0) is 24.7. The summed E-state index contributed by atoms with van der Waals surface area (Å²) in [7, 11) is 0. The van der Waals surface area contributed by atoms with Crippen LogP contribution in [0.15, 0.2) is 59.3 Å². The lowest BCUT2D eigenvalue weighted by atomic mass is 10.2. The molecule has 0 radical (unpaired) electrons. The topological polar surface area (TPSA) is 0 Å². The molecule has 0 saturated heterocycles. The second kappa shape index (κ2) is 15.2. The summed E-state index contributed by atoms with van der Waals surface area (Å²) in [6.07, 6.45) is 8.13. The molecule has 0 N–H and O–H groups in total. The summed E-state index contributed by atoms with van der Waals surface area (Å²) in [5.74, 6) is 26.2. The first-order valence-electron chi connectivity index (χ1n) is 12.1. The largest absolute Gasteiger partial charge is 0.135 e. The highest BCUT2D eigenvalue weighted by molar-refractivity contribution is 7.22. The van der Waals surface area contributed by atoms with E-state index in [0.29, 0.717) is 0 Å². The molecule has 0 unspecified atom stereocenters. The highest BCUT2D eigenvalue weighted by atomic mass is 32.1. The van der Waals surface area contributed by atoms with Crippen LogP contribution in [0, 0.1) is 47.4 Å². The summed E-state index contributed by atoms with van der Waals surface area (Å²) < 4.78 is 0. The van der Waals surface area contributed by atoms with Crippen LogP contribution >= 0.6 is 45.3 Å². The SMILES string of the molecule is C(#Cc1cccs1)CCCCC#Cc1ccc(-c2ccc(C#CCCCCC#Cc3cccs3)s2)s1. The van der Waals surface area contributed by atoms with Gasteiger partial charge >= 0.3 is 0 Å². The fourth-order valence-electron chi connectivity index (χ4n) is 3.23. The van der Waals surface area contributed by atoms with Crippen molar-refractivity contribution in [3.8, 4) is 57.1 Å².